The lowest BCUT2D eigenvalue weighted by Crippen LogP contribution is -2.33. The van der Waals surface area contributed by atoms with Crippen molar-refractivity contribution in [1.29, 1.82) is 0 Å². The average molecular weight is 376 g/mol. The SMILES string of the molecule is CC(C)N(C)S(=O)(=O)c1cccc(C(=O)Nc2ccccc2[C@H](C)O)c1. The number of aliphatic hydroxyl groups excluding tert-OH is 1. The Labute approximate surface area is 154 Å². The number of amides is 1. The van der Waals surface area contributed by atoms with Crippen LogP contribution in [0.25, 0.3) is 0 Å². The molecule has 0 fully saturated rings. The Bertz CT molecular complexity index is 892. The number of hydrogen-bond donors (Lipinski definition) is 2. The number of aliphatic hydroxyl groups is 1. The van der Waals surface area contributed by atoms with E-state index in [1.54, 1.807) is 51.1 Å². The Kier molecular flexibility index (Phi) is 6.17. The lowest BCUT2D eigenvalue weighted by atomic mass is 10.1. The lowest BCUT2D eigenvalue weighted by Gasteiger charge is -2.21. The molecule has 0 aliphatic carbocycles. The van der Waals surface area contributed by atoms with Crippen molar-refractivity contribution in [2.75, 3.05) is 12.4 Å². The van der Waals surface area contributed by atoms with Gasteiger partial charge in [-0.05, 0) is 45.0 Å². The first-order chi connectivity index (χ1) is 12.1. The highest BCUT2D eigenvalue weighted by molar-refractivity contribution is 7.89. The summed E-state index contributed by atoms with van der Waals surface area (Å²) >= 11 is 0. The van der Waals surface area contributed by atoms with Crippen molar-refractivity contribution >= 4 is 21.6 Å². The maximum Gasteiger partial charge on any atom is 0.255 e. The quantitative estimate of drug-likeness (QED) is 0.811. The molecule has 0 spiro atoms. The summed E-state index contributed by atoms with van der Waals surface area (Å²) in [6.45, 7) is 5.17. The van der Waals surface area contributed by atoms with Crippen LogP contribution < -0.4 is 5.32 Å². The van der Waals surface area contributed by atoms with Crippen LogP contribution in [0.5, 0.6) is 0 Å². The van der Waals surface area contributed by atoms with E-state index in [9.17, 15) is 18.3 Å². The summed E-state index contributed by atoms with van der Waals surface area (Å²) in [7, 11) is -2.17. The highest BCUT2D eigenvalue weighted by Crippen LogP contribution is 2.23. The molecule has 2 aromatic carbocycles. The molecule has 0 radical (unpaired) electrons. The van der Waals surface area contributed by atoms with Crippen molar-refractivity contribution in [3.8, 4) is 0 Å². The van der Waals surface area contributed by atoms with Gasteiger partial charge in [-0.1, -0.05) is 24.3 Å². The van der Waals surface area contributed by atoms with Crippen LogP contribution in [-0.4, -0.2) is 36.8 Å². The predicted molar refractivity (Wildman–Crippen MR) is 102 cm³/mol. The molecule has 7 heteroatoms. The molecule has 0 saturated heterocycles. The highest BCUT2D eigenvalue weighted by Gasteiger charge is 2.24. The van der Waals surface area contributed by atoms with Gasteiger partial charge in [-0.15, -0.1) is 0 Å². The molecule has 6 nitrogen and oxygen atoms in total. The third-order valence-corrected chi connectivity index (χ3v) is 6.19. The van der Waals surface area contributed by atoms with Crippen molar-refractivity contribution in [2.24, 2.45) is 0 Å². The van der Waals surface area contributed by atoms with Crippen LogP contribution in [0.3, 0.4) is 0 Å². The number of benzene rings is 2. The maximum atomic E-state index is 12.6. The molecule has 26 heavy (non-hydrogen) atoms. The first-order valence-electron chi connectivity index (χ1n) is 8.31. The molecule has 0 aliphatic heterocycles. The Morgan fingerprint density at radius 2 is 1.73 bits per heavy atom. The van der Waals surface area contributed by atoms with E-state index in [0.717, 1.165) is 0 Å². The van der Waals surface area contributed by atoms with Gasteiger partial charge in [0.05, 0.1) is 11.0 Å². The van der Waals surface area contributed by atoms with Crippen LogP contribution in [0.15, 0.2) is 53.4 Å². The topological polar surface area (TPSA) is 86.7 Å². The van der Waals surface area contributed by atoms with Crippen molar-refractivity contribution in [1.82, 2.24) is 4.31 Å². The fourth-order valence-corrected chi connectivity index (χ4v) is 3.83. The minimum absolute atomic E-state index is 0.0603. The molecule has 2 rings (SSSR count). The third kappa shape index (κ3) is 4.30. The molecule has 0 bridgehead atoms. The van der Waals surface area contributed by atoms with Gasteiger partial charge in [0.15, 0.2) is 0 Å². The molecule has 1 amide bonds. The van der Waals surface area contributed by atoms with Gasteiger partial charge < -0.3 is 10.4 Å². The summed E-state index contributed by atoms with van der Waals surface area (Å²) in [5.41, 5.74) is 1.30. The molecule has 2 N–H and O–H groups in total. The maximum absolute atomic E-state index is 12.6. The molecule has 2 aromatic rings. The number of anilines is 1. The second-order valence-corrected chi connectivity index (χ2v) is 8.36. The molecule has 0 aliphatic rings. The fourth-order valence-electron chi connectivity index (χ4n) is 2.41. The van der Waals surface area contributed by atoms with Gasteiger partial charge in [-0.3, -0.25) is 4.79 Å². The summed E-state index contributed by atoms with van der Waals surface area (Å²) in [5.74, 6) is -0.442. The van der Waals surface area contributed by atoms with E-state index < -0.39 is 22.0 Å². The number of nitrogens with one attached hydrogen (secondary N) is 1. The van der Waals surface area contributed by atoms with Gasteiger partial charge in [0, 0.05) is 29.9 Å². The molecule has 0 aromatic heterocycles. The minimum Gasteiger partial charge on any atom is -0.389 e. The standard InChI is InChI=1S/C19H24N2O4S/c1-13(2)21(4)26(24,25)16-9-7-8-15(12-16)19(23)20-18-11-6-5-10-17(18)14(3)22/h5-14,22H,1-4H3,(H,20,23)/t14-/m0/s1. The lowest BCUT2D eigenvalue weighted by molar-refractivity contribution is 0.102. The number of rotatable bonds is 6. The average Bonchev–Trinajstić information content (AvgIpc) is 2.61. The van der Waals surface area contributed by atoms with E-state index in [1.165, 1.54) is 29.6 Å². The minimum atomic E-state index is -3.68. The number of sulfonamides is 1. The van der Waals surface area contributed by atoms with E-state index in [1.807, 2.05) is 0 Å². The molecule has 140 valence electrons. The van der Waals surface area contributed by atoms with Crippen molar-refractivity contribution < 1.29 is 18.3 Å². The van der Waals surface area contributed by atoms with E-state index in [-0.39, 0.29) is 16.5 Å². The zero-order valence-electron chi connectivity index (χ0n) is 15.3. The van der Waals surface area contributed by atoms with Crippen molar-refractivity contribution in [3.05, 3.63) is 59.7 Å². The summed E-state index contributed by atoms with van der Waals surface area (Å²) in [4.78, 5) is 12.6. The van der Waals surface area contributed by atoms with Crippen molar-refractivity contribution in [3.63, 3.8) is 0 Å². The molecular formula is C19H24N2O4S. The zero-order chi connectivity index (χ0) is 19.5. The van der Waals surface area contributed by atoms with Crippen LogP contribution in [-0.2, 0) is 10.0 Å². The van der Waals surface area contributed by atoms with Gasteiger partial charge in [-0.2, -0.15) is 4.31 Å². The molecule has 0 unspecified atom stereocenters. The number of nitrogens with zero attached hydrogens (tertiary/aromatic N) is 1. The summed E-state index contributed by atoms with van der Waals surface area (Å²) in [5, 5.41) is 12.5. The number of para-hydroxylation sites is 1. The second-order valence-electron chi connectivity index (χ2n) is 6.36. The van der Waals surface area contributed by atoms with Crippen LogP contribution >= 0.6 is 0 Å². The first kappa shape index (κ1) is 20.1. The Morgan fingerprint density at radius 3 is 2.35 bits per heavy atom. The predicted octanol–water partition coefficient (Wildman–Crippen LogP) is 3.02. The van der Waals surface area contributed by atoms with Gasteiger partial charge >= 0.3 is 0 Å². The Hall–Kier alpha value is -2.22. The summed E-state index contributed by atoms with van der Waals surface area (Å²) in [6, 6.07) is 12.6. The van der Waals surface area contributed by atoms with Gasteiger partial charge in [0.2, 0.25) is 10.0 Å². The highest BCUT2D eigenvalue weighted by atomic mass is 32.2. The molecule has 1 atom stereocenters. The normalized spacial score (nSPS) is 13.0. The van der Waals surface area contributed by atoms with Gasteiger partial charge in [0.1, 0.15) is 0 Å². The van der Waals surface area contributed by atoms with E-state index in [2.05, 4.69) is 5.32 Å². The number of carbonyl (C=O) groups excluding carboxylic acids is 1. The molecule has 0 saturated carbocycles. The Morgan fingerprint density at radius 1 is 1.08 bits per heavy atom. The smallest absolute Gasteiger partial charge is 0.255 e. The van der Waals surface area contributed by atoms with E-state index in [4.69, 9.17) is 0 Å². The Balaban J connectivity index is 2.33. The fraction of sp³-hybridized carbons (Fsp3) is 0.316. The zero-order valence-corrected chi connectivity index (χ0v) is 16.1. The van der Waals surface area contributed by atoms with Gasteiger partial charge in [-0.25, -0.2) is 8.42 Å². The number of hydrogen-bond acceptors (Lipinski definition) is 4. The summed E-state index contributed by atoms with van der Waals surface area (Å²) < 4.78 is 26.5. The van der Waals surface area contributed by atoms with Crippen LogP contribution in [0.4, 0.5) is 5.69 Å². The first-order valence-corrected chi connectivity index (χ1v) is 9.75. The molecule has 0 heterocycles. The van der Waals surface area contributed by atoms with E-state index in [0.29, 0.717) is 11.3 Å². The largest absolute Gasteiger partial charge is 0.389 e. The summed E-state index contributed by atoms with van der Waals surface area (Å²) in [6.07, 6.45) is -0.738. The van der Waals surface area contributed by atoms with Gasteiger partial charge in [0.25, 0.3) is 5.91 Å². The number of carbonyl (C=O) groups is 1. The van der Waals surface area contributed by atoms with E-state index >= 15 is 0 Å². The second kappa shape index (κ2) is 7.99. The van der Waals surface area contributed by atoms with Crippen molar-refractivity contribution in [2.45, 2.75) is 37.8 Å². The van der Waals surface area contributed by atoms with Crippen LogP contribution in [0, 0.1) is 0 Å². The monoisotopic (exact) mass is 376 g/mol. The van der Waals surface area contributed by atoms with Crippen LogP contribution in [0.2, 0.25) is 0 Å². The molecular weight excluding hydrogens is 352 g/mol. The van der Waals surface area contributed by atoms with Crippen LogP contribution in [0.1, 0.15) is 42.8 Å². The third-order valence-electron chi connectivity index (χ3n) is 4.16.